The lowest BCUT2D eigenvalue weighted by molar-refractivity contribution is -0.139. The van der Waals surface area contributed by atoms with Gasteiger partial charge >= 0.3 is 0 Å². The molecule has 1 N–H and O–H groups in total. The number of ether oxygens (including phenoxy) is 1. The lowest BCUT2D eigenvalue weighted by Gasteiger charge is -2.42. The molecule has 7 heteroatoms. The van der Waals surface area contributed by atoms with Gasteiger partial charge in [-0.15, -0.1) is 0 Å². The standard InChI is InChI=1S/C26H37N3O4/c1-17-9-8-10-18(2)29(17)23(30)16-28-21-15-19(24(31)27-20-11-6-5-7-12-20)13-14-22(21)33-26(3,4)25(28)32/h13-15,17-18,20H,5-12,16H2,1-4H3,(H,27,31)/t17-,18-/m1/s1. The van der Waals surface area contributed by atoms with Crippen LogP contribution in [0.3, 0.4) is 0 Å². The van der Waals surface area contributed by atoms with Crippen molar-refractivity contribution < 1.29 is 19.1 Å². The highest BCUT2D eigenvalue weighted by molar-refractivity contribution is 6.07. The smallest absolute Gasteiger partial charge is 0.271 e. The molecule has 1 aromatic rings. The van der Waals surface area contributed by atoms with Crippen molar-refractivity contribution in [3.8, 4) is 5.75 Å². The molecule has 1 aliphatic carbocycles. The molecular weight excluding hydrogens is 418 g/mol. The Morgan fingerprint density at radius 1 is 1.03 bits per heavy atom. The Morgan fingerprint density at radius 3 is 2.36 bits per heavy atom. The molecule has 1 saturated heterocycles. The number of nitrogens with one attached hydrogen (secondary N) is 1. The molecule has 33 heavy (non-hydrogen) atoms. The van der Waals surface area contributed by atoms with E-state index in [-0.39, 0.29) is 42.4 Å². The number of carbonyl (C=O) groups excluding carboxylic acids is 3. The fourth-order valence-electron chi connectivity index (χ4n) is 5.51. The molecule has 2 aliphatic heterocycles. The van der Waals surface area contributed by atoms with Gasteiger partial charge in [0.25, 0.3) is 11.8 Å². The van der Waals surface area contributed by atoms with Crippen LogP contribution in [0.15, 0.2) is 18.2 Å². The number of fused-ring (bicyclic) bond motifs is 1. The first-order chi connectivity index (χ1) is 15.7. The van der Waals surface area contributed by atoms with Gasteiger partial charge < -0.3 is 15.0 Å². The Balaban J connectivity index is 1.59. The van der Waals surface area contributed by atoms with Crippen molar-refractivity contribution in [2.45, 2.75) is 103 Å². The Bertz CT molecular complexity index is 912. The van der Waals surface area contributed by atoms with Crippen LogP contribution in [0.25, 0.3) is 0 Å². The zero-order valence-electron chi connectivity index (χ0n) is 20.4. The first-order valence-electron chi connectivity index (χ1n) is 12.4. The Hall–Kier alpha value is -2.57. The topological polar surface area (TPSA) is 79.0 Å². The van der Waals surface area contributed by atoms with Crippen LogP contribution in [0.1, 0.15) is 89.4 Å². The maximum Gasteiger partial charge on any atom is 0.271 e. The van der Waals surface area contributed by atoms with Crippen molar-refractivity contribution in [1.29, 1.82) is 0 Å². The van der Waals surface area contributed by atoms with E-state index in [4.69, 9.17) is 4.74 Å². The maximum atomic E-state index is 13.3. The summed E-state index contributed by atoms with van der Waals surface area (Å²) in [6.07, 6.45) is 8.54. The molecular formula is C26H37N3O4. The van der Waals surface area contributed by atoms with Crippen LogP contribution in [0.5, 0.6) is 5.75 Å². The van der Waals surface area contributed by atoms with Gasteiger partial charge in [0.15, 0.2) is 5.60 Å². The Kier molecular flexibility index (Phi) is 6.68. The van der Waals surface area contributed by atoms with Crippen molar-refractivity contribution >= 4 is 23.4 Å². The number of piperidine rings is 1. The maximum absolute atomic E-state index is 13.3. The van der Waals surface area contributed by atoms with E-state index in [9.17, 15) is 14.4 Å². The monoisotopic (exact) mass is 455 g/mol. The predicted molar refractivity (Wildman–Crippen MR) is 127 cm³/mol. The van der Waals surface area contributed by atoms with Crippen molar-refractivity contribution in [2.24, 2.45) is 0 Å². The zero-order valence-corrected chi connectivity index (χ0v) is 20.4. The fourth-order valence-corrected chi connectivity index (χ4v) is 5.51. The van der Waals surface area contributed by atoms with Gasteiger partial charge in [-0.3, -0.25) is 19.3 Å². The van der Waals surface area contributed by atoms with Gasteiger partial charge in [-0.05, 0) is 78.0 Å². The predicted octanol–water partition coefficient (Wildman–Crippen LogP) is 4.04. The summed E-state index contributed by atoms with van der Waals surface area (Å²) in [6.45, 7) is 7.51. The van der Waals surface area contributed by atoms with Crippen molar-refractivity contribution in [2.75, 3.05) is 11.4 Å². The number of amides is 3. The summed E-state index contributed by atoms with van der Waals surface area (Å²) in [5, 5.41) is 3.13. The lowest BCUT2D eigenvalue weighted by Crippen LogP contribution is -2.57. The molecule has 7 nitrogen and oxygen atoms in total. The van der Waals surface area contributed by atoms with Gasteiger partial charge in [0.2, 0.25) is 5.91 Å². The number of likely N-dealkylation sites (tertiary alicyclic amines) is 1. The van der Waals surface area contributed by atoms with Crippen LogP contribution in [0, 0.1) is 0 Å². The second-order valence-electron chi connectivity index (χ2n) is 10.4. The van der Waals surface area contributed by atoms with E-state index < -0.39 is 5.60 Å². The van der Waals surface area contributed by atoms with Crippen molar-refractivity contribution in [3.63, 3.8) is 0 Å². The summed E-state index contributed by atoms with van der Waals surface area (Å²) in [5.74, 6) is 0.0298. The van der Waals surface area contributed by atoms with Crippen LogP contribution in [-0.2, 0) is 9.59 Å². The van der Waals surface area contributed by atoms with Crippen LogP contribution >= 0.6 is 0 Å². The van der Waals surface area contributed by atoms with Crippen LogP contribution in [0.2, 0.25) is 0 Å². The van der Waals surface area contributed by atoms with Crippen LogP contribution < -0.4 is 15.0 Å². The fraction of sp³-hybridized carbons (Fsp3) is 0.654. The minimum atomic E-state index is -1.09. The Labute approximate surface area is 196 Å². The molecule has 0 radical (unpaired) electrons. The first kappa shape index (κ1) is 23.6. The molecule has 0 unspecified atom stereocenters. The third-order valence-corrected chi connectivity index (χ3v) is 7.35. The molecule has 1 aromatic carbocycles. The molecule has 0 aromatic heterocycles. The molecule has 1 saturated carbocycles. The lowest BCUT2D eigenvalue weighted by atomic mass is 9.95. The van der Waals surface area contributed by atoms with Gasteiger partial charge in [-0.2, -0.15) is 0 Å². The summed E-state index contributed by atoms with van der Waals surface area (Å²) in [7, 11) is 0. The SMILES string of the molecule is C[C@@H]1CCC[C@@H](C)N1C(=O)CN1C(=O)C(C)(C)Oc2ccc(C(=O)NC3CCCCC3)cc21. The summed E-state index contributed by atoms with van der Waals surface area (Å²) in [5.41, 5.74) is -0.118. The van der Waals surface area contributed by atoms with Gasteiger partial charge in [0.05, 0.1) is 5.69 Å². The molecule has 3 amide bonds. The average Bonchev–Trinajstić information content (AvgIpc) is 2.77. The van der Waals surface area contributed by atoms with E-state index in [2.05, 4.69) is 19.2 Å². The first-order valence-corrected chi connectivity index (χ1v) is 12.4. The van der Waals surface area contributed by atoms with Crippen molar-refractivity contribution in [1.82, 2.24) is 10.2 Å². The number of hydrogen-bond donors (Lipinski definition) is 1. The summed E-state index contributed by atoms with van der Waals surface area (Å²) in [6, 6.07) is 5.66. The Morgan fingerprint density at radius 2 is 1.70 bits per heavy atom. The molecule has 180 valence electrons. The number of carbonyl (C=O) groups is 3. The van der Waals surface area contributed by atoms with Gasteiger partial charge in [0, 0.05) is 23.7 Å². The van der Waals surface area contributed by atoms with Crippen molar-refractivity contribution in [3.05, 3.63) is 23.8 Å². The van der Waals surface area contributed by atoms with Gasteiger partial charge in [-0.25, -0.2) is 0 Å². The summed E-state index contributed by atoms with van der Waals surface area (Å²) >= 11 is 0. The quantitative estimate of drug-likeness (QED) is 0.743. The normalized spacial score (nSPS) is 25.3. The third kappa shape index (κ3) is 4.87. The number of anilines is 1. The molecule has 2 fully saturated rings. The van der Waals surface area contributed by atoms with Crippen LogP contribution in [0.4, 0.5) is 5.69 Å². The number of hydrogen-bond acceptors (Lipinski definition) is 4. The highest BCUT2D eigenvalue weighted by atomic mass is 16.5. The third-order valence-electron chi connectivity index (χ3n) is 7.35. The molecule has 2 atom stereocenters. The minimum absolute atomic E-state index is 0.0546. The summed E-state index contributed by atoms with van der Waals surface area (Å²) < 4.78 is 5.97. The number of rotatable bonds is 4. The second-order valence-corrected chi connectivity index (χ2v) is 10.4. The van der Waals surface area contributed by atoms with E-state index in [0.29, 0.717) is 17.0 Å². The highest BCUT2D eigenvalue weighted by Crippen LogP contribution is 2.39. The number of nitrogens with zero attached hydrogens (tertiary/aromatic N) is 2. The van der Waals surface area contributed by atoms with E-state index in [1.54, 1.807) is 32.0 Å². The molecule has 3 aliphatic rings. The van der Waals surface area contributed by atoms with Crippen LogP contribution in [-0.4, -0.2) is 52.9 Å². The average molecular weight is 456 g/mol. The molecule has 4 rings (SSSR count). The largest absolute Gasteiger partial charge is 0.476 e. The van der Waals surface area contributed by atoms with E-state index in [0.717, 1.165) is 44.9 Å². The second kappa shape index (κ2) is 9.35. The van der Waals surface area contributed by atoms with Gasteiger partial charge in [-0.1, -0.05) is 19.3 Å². The van der Waals surface area contributed by atoms with E-state index in [1.807, 2.05) is 4.90 Å². The van der Waals surface area contributed by atoms with E-state index >= 15 is 0 Å². The zero-order chi connectivity index (χ0) is 23.8. The molecule has 0 bridgehead atoms. The summed E-state index contributed by atoms with van der Waals surface area (Å²) in [4.78, 5) is 43.0. The highest BCUT2D eigenvalue weighted by Gasteiger charge is 2.43. The molecule has 0 spiro atoms. The van der Waals surface area contributed by atoms with Gasteiger partial charge in [0.1, 0.15) is 12.3 Å². The minimum Gasteiger partial charge on any atom is -0.476 e. The molecule has 2 heterocycles. The van der Waals surface area contributed by atoms with E-state index in [1.165, 1.54) is 11.3 Å². The number of benzene rings is 1.